The molecule has 10 heteroatoms. The minimum absolute atomic E-state index is 0.00771. The van der Waals surface area contributed by atoms with Crippen molar-refractivity contribution in [3.63, 3.8) is 0 Å². The molecule has 0 bridgehead atoms. The number of hydrogen-bond acceptors (Lipinski definition) is 6. The normalized spacial score (nSPS) is 25.6. The summed E-state index contributed by atoms with van der Waals surface area (Å²) in [6.07, 6.45) is 2.43. The number of ether oxygens (including phenoxy) is 2. The van der Waals surface area contributed by atoms with Crippen molar-refractivity contribution in [1.82, 2.24) is 14.7 Å². The fourth-order valence-corrected chi connectivity index (χ4v) is 5.47. The van der Waals surface area contributed by atoms with Gasteiger partial charge in [0.05, 0.1) is 47.8 Å². The highest BCUT2D eigenvalue weighted by Gasteiger charge is 2.49. The zero-order valence-corrected chi connectivity index (χ0v) is 20.2. The van der Waals surface area contributed by atoms with E-state index in [1.807, 2.05) is 11.0 Å². The van der Waals surface area contributed by atoms with Crippen molar-refractivity contribution in [2.24, 2.45) is 0 Å². The van der Waals surface area contributed by atoms with Gasteiger partial charge in [0, 0.05) is 20.0 Å². The molecule has 33 heavy (non-hydrogen) atoms. The van der Waals surface area contributed by atoms with Gasteiger partial charge in [-0.05, 0) is 43.6 Å². The van der Waals surface area contributed by atoms with Crippen molar-refractivity contribution in [3.8, 4) is 0 Å². The number of carbonyl (C=O) groups excluding carboxylic acids is 3. The van der Waals surface area contributed by atoms with E-state index in [4.69, 9.17) is 32.7 Å². The maximum absolute atomic E-state index is 13.5. The molecule has 0 radical (unpaired) electrons. The van der Waals surface area contributed by atoms with Crippen molar-refractivity contribution in [2.75, 3.05) is 46.0 Å². The first-order valence-electron chi connectivity index (χ1n) is 11.3. The Morgan fingerprint density at radius 3 is 2.36 bits per heavy atom. The lowest BCUT2D eigenvalue weighted by Gasteiger charge is -2.54. The van der Waals surface area contributed by atoms with Crippen LogP contribution in [0.1, 0.15) is 25.3 Å². The summed E-state index contributed by atoms with van der Waals surface area (Å²) in [5.74, 6) is -0.769. The monoisotopic (exact) mass is 497 g/mol. The number of amides is 2. The number of likely N-dealkylation sites (tertiary alicyclic amines) is 1. The number of carbonyl (C=O) groups is 3. The van der Waals surface area contributed by atoms with Crippen LogP contribution in [0.2, 0.25) is 10.0 Å². The van der Waals surface area contributed by atoms with E-state index in [1.54, 1.807) is 17.0 Å². The summed E-state index contributed by atoms with van der Waals surface area (Å²) in [4.78, 5) is 43.6. The van der Waals surface area contributed by atoms with Crippen LogP contribution in [0.3, 0.4) is 0 Å². The van der Waals surface area contributed by atoms with Crippen molar-refractivity contribution in [1.29, 1.82) is 0 Å². The molecular weight excluding hydrogens is 469 g/mol. The second-order valence-electron chi connectivity index (χ2n) is 8.79. The third kappa shape index (κ3) is 5.45. The first-order valence-corrected chi connectivity index (χ1v) is 12.1. The molecule has 3 aliphatic rings. The summed E-state index contributed by atoms with van der Waals surface area (Å²) in [6.45, 7) is 4.52. The predicted octanol–water partition coefficient (Wildman–Crippen LogP) is 2.00. The molecule has 0 aliphatic carbocycles. The summed E-state index contributed by atoms with van der Waals surface area (Å²) in [5.41, 5.74) is 0.795. The minimum atomic E-state index is -0.495. The average Bonchev–Trinajstić information content (AvgIpc) is 3.33. The molecule has 8 nitrogen and oxygen atoms in total. The second kappa shape index (κ2) is 10.6. The molecule has 1 aromatic carbocycles. The Morgan fingerprint density at radius 2 is 1.67 bits per heavy atom. The molecule has 3 saturated heterocycles. The molecule has 0 N–H and O–H groups in total. The molecule has 3 aliphatic heterocycles. The lowest BCUT2D eigenvalue weighted by molar-refractivity contribution is -0.167. The maximum Gasteiger partial charge on any atom is 0.303 e. The molecule has 0 aromatic heterocycles. The number of rotatable bonds is 5. The van der Waals surface area contributed by atoms with E-state index in [0.29, 0.717) is 36.3 Å². The molecule has 3 heterocycles. The Balaban J connectivity index is 1.57. The van der Waals surface area contributed by atoms with Gasteiger partial charge < -0.3 is 19.3 Å². The molecule has 0 unspecified atom stereocenters. The quantitative estimate of drug-likeness (QED) is 0.578. The third-order valence-electron chi connectivity index (χ3n) is 6.70. The van der Waals surface area contributed by atoms with Crippen LogP contribution in [0.4, 0.5) is 0 Å². The van der Waals surface area contributed by atoms with Gasteiger partial charge in [-0.15, -0.1) is 0 Å². The molecular formula is C23H29Cl2N3O5. The largest absolute Gasteiger partial charge is 0.456 e. The van der Waals surface area contributed by atoms with Gasteiger partial charge in [-0.2, -0.15) is 0 Å². The topological polar surface area (TPSA) is 79.4 Å². The smallest absolute Gasteiger partial charge is 0.303 e. The fourth-order valence-electron chi connectivity index (χ4n) is 5.15. The van der Waals surface area contributed by atoms with E-state index in [9.17, 15) is 14.4 Å². The lowest BCUT2D eigenvalue weighted by atomic mass is 9.90. The van der Waals surface area contributed by atoms with E-state index in [1.165, 1.54) is 6.92 Å². The van der Waals surface area contributed by atoms with Crippen molar-refractivity contribution in [2.45, 2.75) is 44.3 Å². The van der Waals surface area contributed by atoms with Crippen LogP contribution < -0.4 is 0 Å². The Labute approximate surface area is 203 Å². The van der Waals surface area contributed by atoms with E-state index < -0.39 is 5.97 Å². The average molecular weight is 498 g/mol. The van der Waals surface area contributed by atoms with Gasteiger partial charge in [-0.25, -0.2) is 0 Å². The number of nitrogens with zero attached hydrogens (tertiary/aromatic N) is 3. The van der Waals surface area contributed by atoms with Crippen LogP contribution in [-0.2, 0) is 30.3 Å². The highest BCUT2D eigenvalue weighted by Crippen LogP contribution is 2.30. The summed E-state index contributed by atoms with van der Waals surface area (Å²) in [6, 6.07) is 4.75. The van der Waals surface area contributed by atoms with Gasteiger partial charge in [0.1, 0.15) is 0 Å². The van der Waals surface area contributed by atoms with Crippen molar-refractivity contribution >= 4 is 41.0 Å². The lowest BCUT2D eigenvalue weighted by Crippen LogP contribution is -2.72. The molecule has 0 saturated carbocycles. The van der Waals surface area contributed by atoms with Crippen LogP contribution in [0.5, 0.6) is 0 Å². The maximum atomic E-state index is 13.5. The number of fused-ring (bicyclic) bond motifs is 1. The van der Waals surface area contributed by atoms with Crippen LogP contribution in [0.25, 0.3) is 0 Å². The van der Waals surface area contributed by atoms with E-state index in [0.717, 1.165) is 31.5 Å². The van der Waals surface area contributed by atoms with Gasteiger partial charge in [-0.1, -0.05) is 29.3 Å². The molecule has 3 atom stereocenters. The molecule has 1 aromatic rings. The van der Waals surface area contributed by atoms with E-state index in [2.05, 4.69) is 4.90 Å². The third-order valence-corrected chi connectivity index (χ3v) is 7.44. The highest BCUT2D eigenvalue weighted by atomic mass is 35.5. The Hall–Kier alpha value is -1.87. The second-order valence-corrected chi connectivity index (χ2v) is 9.60. The summed E-state index contributed by atoms with van der Waals surface area (Å²) >= 11 is 12.2. The SMILES string of the molecule is CC(=O)OCC(=O)N1CCN(C(=O)Cc2ccc(Cl)c(Cl)c2)[C@H]2[C@H]1COC[C@@H]2N1CCCC1. The van der Waals surface area contributed by atoms with Crippen LogP contribution in [-0.4, -0.2) is 96.6 Å². The number of piperazine rings is 1. The summed E-state index contributed by atoms with van der Waals surface area (Å²) < 4.78 is 10.9. The van der Waals surface area contributed by atoms with Crippen molar-refractivity contribution < 1.29 is 23.9 Å². The fraction of sp³-hybridized carbons (Fsp3) is 0.609. The number of halogens is 2. The summed E-state index contributed by atoms with van der Waals surface area (Å²) in [5, 5.41) is 0.869. The Bertz CT molecular complexity index is 908. The molecule has 3 fully saturated rings. The van der Waals surface area contributed by atoms with E-state index >= 15 is 0 Å². The van der Waals surface area contributed by atoms with Gasteiger partial charge in [-0.3, -0.25) is 19.3 Å². The number of esters is 1. The first-order chi connectivity index (χ1) is 15.8. The molecule has 2 amide bonds. The van der Waals surface area contributed by atoms with Crippen LogP contribution in [0, 0.1) is 0 Å². The van der Waals surface area contributed by atoms with Gasteiger partial charge in [0.2, 0.25) is 5.91 Å². The van der Waals surface area contributed by atoms with Crippen LogP contribution >= 0.6 is 23.2 Å². The zero-order valence-electron chi connectivity index (χ0n) is 18.7. The van der Waals surface area contributed by atoms with Crippen molar-refractivity contribution in [3.05, 3.63) is 33.8 Å². The molecule has 180 valence electrons. The predicted molar refractivity (Wildman–Crippen MR) is 123 cm³/mol. The summed E-state index contributed by atoms with van der Waals surface area (Å²) in [7, 11) is 0. The van der Waals surface area contributed by atoms with E-state index in [-0.39, 0.29) is 43.0 Å². The molecule has 0 spiro atoms. The minimum Gasteiger partial charge on any atom is -0.456 e. The Morgan fingerprint density at radius 1 is 0.970 bits per heavy atom. The zero-order chi connectivity index (χ0) is 23.5. The Kier molecular flexibility index (Phi) is 7.79. The number of hydrogen-bond donors (Lipinski definition) is 0. The number of benzene rings is 1. The van der Waals surface area contributed by atoms with Gasteiger partial charge >= 0.3 is 5.97 Å². The highest BCUT2D eigenvalue weighted by molar-refractivity contribution is 6.42. The van der Waals surface area contributed by atoms with Gasteiger partial charge in [0.25, 0.3) is 5.91 Å². The standard InChI is InChI=1S/C23H29Cl2N3O5/c1-15(29)33-14-22(31)27-8-9-28(21(30)11-16-4-5-17(24)18(25)10-16)23-19(12-32-13-20(23)27)26-6-2-3-7-26/h4-5,10,19-20,23H,2-3,6-9,11-14H2,1H3/t19-,20+,23+/m0/s1. The van der Waals surface area contributed by atoms with Crippen LogP contribution in [0.15, 0.2) is 18.2 Å². The van der Waals surface area contributed by atoms with Gasteiger partial charge in [0.15, 0.2) is 6.61 Å². The molecule has 4 rings (SSSR count). The first kappa shape index (κ1) is 24.3.